The summed E-state index contributed by atoms with van der Waals surface area (Å²) in [4.78, 5) is 11.0. The summed E-state index contributed by atoms with van der Waals surface area (Å²) in [6.45, 7) is 4.85. The standard InChI is InChI=1S/C8H15NO/c1-6-8(7(2)10)4-3-5-9-6/h6,8-9H,3-5H2,1-2H3/t6-,8-/m0/s1. The first-order valence-electron chi connectivity index (χ1n) is 3.95. The van der Waals surface area contributed by atoms with Crippen LogP contribution in [0.25, 0.3) is 0 Å². The number of hydrogen-bond donors (Lipinski definition) is 1. The highest BCUT2D eigenvalue weighted by Gasteiger charge is 2.23. The molecule has 0 saturated carbocycles. The molecule has 1 saturated heterocycles. The van der Waals surface area contributed by atoms with Gasteiger partial charge in [0.25, 0.3) is 0 Å². The maximum absolute atomic E-state index is 11.0. The van der Waals surface area contributed by atoms with Gasteiger partial charge in [-0.2, -0.15) is 0 Å². The Labute approximate surface area is 62.0 Å². The molecule has 0 bridgehead atoms. The lowest BCUT2D eigenvalue weighted by Gasteiger charge is -2.27. The number of carbonyl (C=O) groups excluding carboxylic acids is 1. The third kappa shape index (κ3) is 1.57. The van der Waals surface area contributed by atoms with E-state index in [-0.39, 0.29) is 5.92 Å². The molecule has 0 radical (unpaired) electrons. The van der Waals surface area contributed by atoms with E-state index in [1.165, 1.54) is 0 Å². The molecule has 0 amide bonds. The zero-order valence-corrected chi connectivity index (χ0v) is 6.68. The summed E-state index contributed by atoms with van der Waals surface area (Å²) >= 11 is 0. The monoisotopic (exact) mass is 141 g/mol. The Morgan fingerprint density at radius 3 is 2.70 bits per heavy atom. The van der Waals surface area contributed by atoms with E-state index in [0.717, 1.165) is 19.4 Å². The number of ketones is 1. The molecule has 2 heteroatoms. The van der Waals surface area contributed by atoms with E-state index < -0.39 is 0 Å². The summed E-state index contributed by atoms with van der Waals surface area (Å²) in [7, 11) is 0. The molecule has 0 spiro atoms. The Hall–Kier alpha value is -0.370. The molecule has 1 heterocycles. The summed E-state index contributed by atoms with van der Waals surface area (Å²) < 4.78 is 0. The highest BCUT2D eigenvalue weighted by Crippen LogP contribution is 2.16. The van der Waals surface area contributed by atoms with Crippen LogP contribution in [0, 0.1) is 5.92 Å². The first-order valence-corrected chi connectivity index (χ1v) is 3.95. The van der Waals surface area contributed by atoms with Crippen LogP contribution in [-0.2, 0) is 4.79 Å². The lowest BCUT2D eigenvalue weighted by molar-refractivity contribution is -0.122. The third-order valence-electron chi connectivity index (χ3n) is 2.28. The minimum atomic E-state index is 0.272. The molecule has 1 aliphatic rings. The van der Waals surface area contributed by atoms with Crippen LogP contribution in [-0.4, -0.2) is 18.4 Å². The van der Waals surface area contributed by atoms with Crippen LogP contribution in [0.3, 0.4) is 0 Å². The fourth-order valence-electron chi connectivity index (χ4n) is 1.60. The first-order chi connectivity index (χ1) is 4.72. The van der Waals surface area contributed by atoms with E-state index in [1.807, 2.05) is 0 Å². The summed E-state index contributed by atoms with van der Waals surface area (Å²) in [6, 6.07) is 0.395. The highest BCUT2D eigenvalue weighted by molar-refractivity contribution is 5.79. The Morgan fingerprint density at radius 1 is 1.60 bits per heavy atom. The van der Waals surface area contributed by atoms with Crippen molar-refractivity contribution in [1.82, 2.24) is 5.32 Å². The molecule has 0 unspecified atom stereocenters. The number of Topliss-reactive ketones (excluding diaryl/α,β-unsaturated/α-hetero) is 1. The predicted octanol–water partition coefficient (Wildman–Crippen LogP) is 0.964. The van der Waals surface area contributed by atoms with Crippen molar-refractivity contribution in [3.8, 4) is 0 Å². The summed E-state index contributed by atoms with van der Waals surface area (Å²) in [6.07, 6.45) is 2.22. The lowest BCUT2D eigenvalue weighted by Crippen LogP contribution is -2.41. The van der Waals surface area contributed by atoms with Crippen molar-refractivity contribution in [2.24, 2.45) is 5.92 Å². The zero-order chi connectivity index (χ0) is 7.56. The molecule has 58 valence electrons. The smallest absolute Gasteiger partial charge is 0.134 e. The van der Waals surface area contributed by atoms with E-state index >= 15 is 0 Å². The van der Waals surface area contributed by atoms with Crippen molar-refractivity contribution >= 4 is 5.78 Å². The van der Waals surface area contributed by atoms with E-state index in [9.17, 15) is 4.79 Å². The Balaban J connectivity index is 2.47. The van der Waals surface area contributed by atoms with Crippen molar-refractivity contribution in [2.75, 3.05) is 6.54 Å². The van der Waals surface area contributed by atoms with Gasteiger partial charge in [-0.05, 0) is 33.2 Å². The molecule has 1 fully saturated rings. The predicted molar refractivity (Wildman–Crippen MR) is 40.9 cm³/mol. The van der Waals surface area contributed by atoms with Gasteiger partial charge in [0.1, 0.15) is 5.78 Å². The molecule has 10 heavy (non-hydrogen) atoms. The molecule has 1 aliphatic heterocycles. The maximum Gasteiger partial charge on any atom is 0.134 e. The zero-order valence-electron chi connectivity index (χ0n) is 6.68. The van der Waals surface area contributed by atoms with Crippen molar-refractivity contribution in [3.63, 3.8) is 0 Å². The van der Waals surface area contributed by atoms with Gasteiger partial charge >= 0.3 is 0 Å². The van der Waals surface area contributed by atoms with Crippen LogP contribution in [0.2, 0.25) is 0 Å². The van der Waals surface area contributed by atoms with Gasteiger partial charge in [0, 0.05) is 12.0 Å². The Bertz CT molecular complexity index is 133. The van der Waals surface area contributed by atoms with Gasteiger partial charge < -0.3 is 5.32 Å². The number of hydrogen-bond acceptors (Lipinski definition) is 2. The lowest BCUT2D eigenvalue weighted by atomic mass is 9.89. The fraction of sp³-hybridized carbons (Fsp3) is 0.875. The molecular formula is C8H15NO. The van der Waals surface area contributed by atoms with Crippen LogP contribution in [0.4, 0.5) is 0 Å². The van der Waals surface area contributed by atoms with Crippen LogP contribution < -0.4 is 5.32 Å². The van der Waals surface area contributed by atoms with Gasteiger partial charge in [0.15, 0.2) is 0 Å². The van der Waals surface area contributed by atoms with Crippen LogP contribution >= 0.6 is 0 Å². The SMILES string of the molecule is CC(=O)[C@H]1CCCN[C@H]1C. The molecule has 0 aromatic carbocycles. The number of carbonyl (C=O) groups is 1. The van der Waals surface area contributed by atoms with Crippen molar-refractivity contribution in [1.29, 1.82) is 0 Å². The second kappa shape index (κ2) is 3.15. The summed E-state index contributed by atoms with van der Waals surface area (Å²) in [5, 5.41) is 3.29. The molecule has 0 aromatic heterocycles. The van der Waals surface area contributed by atoms with Crippen LogP contribution in [0.1, 0.15) is 26.7 Å². The van der Waals surface area contributed by atoms with Gasteiger partial charge in [-0.3, -0.25) is 4.79 Å². The molecule has 1 rings (SSSR count). The largest absolute Gasteiger partial charge is 0.314 e. The highest BCUT2D eigenvalue weighted by atomic mass is 16.1. The minimum Gasteiger partial charge on any atom is -0.314 e. The fourth-order valence-corrected chi connectivity index (χ4v) is 1.60. The molecule has 2 nitrogen and oxygen atoms in total. The second-order valence-corrected chi connectivity index (χ2v) is 3.10. The summed E-state index contributed by atoms with van der Waals surface area (Å²) in [5.41, 5.74) is 0. The van der Waals surface area contributed by atoms with Crippen molar-refractivity contribution in [2.45, 2.75) is 32.7 Å². The Kier molecular flexibility index (Phi) is 2.44. The molecule has 2 atom stereocenters. The summed E-state index contributed by atoms with van der Waals surface area (Å²) in [5.74, 6) is 0.605. The van der Waals surface area contributed by atoms with Gasteiger partial charge in [-0.15, -0.1) is 0 Å². The van der Waals surface area contributed by atoms with Crippen molar-refractivity contribution < 1.29 is 4.79 Å². The number of piperidine rings is 1. The number of nitrogens with one attached hydrogen (secondary N) is 1. The minimum absolute atomic E-state index is 0.272. The Morgan fingerprint density at radius 2 is 2.30 bits per heavy atom. The van der Waals surface area contributed by atoms with Crippen molar-refractivity contribution in [3.05, 3.63) is 0 Å². The van der Waals surface area contributed by atoms with Gasteiger partial charge in [0.05, 0.1) is 0 Å². The van der Waals surface area contributed by atoms with Gasteiger partial charge in [0.2, 0.25) is 0 Å². The first kappa shape index (κ1) is 7.73. The normalized spacial score (nSPS) is 33.8. The second-order valence-electron chi connectivity index (χ2n) is 3.10. The van der Waals surface area contributed by atoms with E-state index in [4.69, 9.17) is 0 Å². The molecular weight excluding hydrogens is 126 g/mol. The molecule has 0 aliphatic carbocycles. The van der Waals surface area contributed by atoms with E-state index in [2.05, 4.69) is 12.2 Å². The average Bonchev–Trinajstić information content (AvgIpc) is 1.88. The van der Waals surface area contributed by atoms with Crippen LogP contribution in [0.5, 0.6) is 0 Å². The average molecular weight is 141 g/mol. The van der Waals surface area contributed by atoms with Gasteiger partial charge in [-0.1, -0.05) is 0 Å². The number of rotatable bonds is 1. The van der Waals surface area contributed by atoms with E-state index in [0.29, 0.717) is 11.8 Å². The van der Waals surface area contributed by atoms with Gasteiger partial charge in [-0.25, -0.2) is 0 Å². The topological polar surface area (TPSA) is 29.1 Å². The molecule has 0 aromatic rings. The van der Waals surface area contributed by atoms with E-state index in [1.54, 1.807) is 6.92 Å². The van der Waals surface area contributed by atoms with Crippen LogP contribution in [0.15, 0.2) is 0 Å². The maximum atomic E-state index is 11.0. The third-order valence-corrected chi connectivity index (χ3v) is 2.28. The molecule has 1 N–H and O–H groups in total. The quantitative estimate of drug-likeness (QED) is 0.589.